The summed E-state index contributed by atoms with van der Waals surface area (Å²) in [6.45, 7) is 0. The van der Waals surface area contributed by atoms with Gasteiger partial charge < -0.3 is 4.42 Å². The SMILES string of the molecule is [2H]c1cc2c(-c3ccc(-c4c([2H])c([2H])c([2H])c5oc6c([2H])c([2H])c([2H])c([2H])c6c45)cc3)c3cc([2H])c([2H])cc3c(-c3c([2H])c([2H])c([2H])c([2H])c3[2H])c2cc1[2H]. The highest BCUT2D eigenvalue weighted by Gasteiger charge is 2.17. The molecule has 1 heteroatoms. The van der Waals surface area contributed by atoms with Gasteiger partial charge >= 0.3 is 0 Å². The second-order valence-corrected chi connectivity index (χ2v) is 8.90. The Morgan fingerprint density at radius 1 is 0.385 bits per heavy atom. The maximum atomic E-state index is 8.91. The molecule has 0 aliphatic heterocycles. The van der Waals surface area contributed by atoms with Gasteiger partial charge in [0.05, 0.1) is 21.9 Å². The molecule has 0 saturated heterocycles. The molecule has 0 radical (unpaired) electrons. The average Bonchev–Trinajstić information content (AvgIpc) is 3.56. The second kappa shape index (κ2) is 8.72. The summed E-state index contributed by atoms with van der Waals surface area (Å²) in [6.07, 6.45) is 0. The molecule has 7 aromatic carbocycles. The normalized spacial score (nSPS) is 17.3. The second-order valence-electron chi connectivity index (χ2n) is 8.90. The Balaban J connectivity index is 1.47. The first-order valence-corrected chi connectivity index (χ1v) is 12.0. The Morgan fingerprint density at radius 3 is 1.59 bits per heavy atom. The largest absolute Gasteiger partial charge is 0.456 e. The number of benzene rings is 7. The average molecular weight is 513 g/mol. The molecule has 1 nitrogen and oxygen atoms in total. The number of fused-ring (bicyclic) bond motifs is 5. The number of furan rings is 1. The van der Waals surface area contributed by atoms with E-state index in [-0.39, 0.29) is 79.6 Å². The number of hydrogen-bond donors (Lipinski definition) is 0. The number of rotatable bonds is 3. The molecular weight excluding hydrogens is 472 g/mol. The molecule has 0 atom stereocenters. The van der Waals surface area contributed by atoms with Gasteiger partial charge in [0, 0.05) is 10.8 Å². The summed E-state index contributed by atoms with van der Waals surface area (Å²) in [6, 6.07) is 5.33. The van der Waals surface area contributed by atoms with Crippen molar-refractivity contribution in [1.82, 2.24) is 0 Å². The minimum atomic E-state index is -0.597. The zero-order chi connectivity index (χ0) is 39.7. The summed E-state index contributed by atoms with van der Waals surface area (Å²) in [5, 5.41) is 1.28. The molecule has 39 heavy (non-hydrogen) atoms. The summed E-state index contributed by atoms with van der Waals surface area (Å²) in [7, 11) is 0. The highest BCUT2D eigenvalue weighted by atomic mass is 16.3. The summed E-state index contributed by atoms with van der Waals surface area (Å²) < 4.78 is 142. The van der Waals surface area contributed by atoms with Crippen molar-refractivity contribution in [3.05, 3.63) is 145 Å². The lowest BCUT2D eigenvalue weighted by Crippen LogP contribution is -1.90. The topological polar surface area (TPSA) is 13.1 Å². The molecule has 1 aromatic heterocycles. The molecule has 0 aliphatic carbocycles. The van der Waals surface area contributed by atoms with E-state index in [2.05, 4.69) is 0 Å². The number of para-hydroxylation sites is 1. The van der Waals surface area contributed by atoms with Crippen LogP contribution in [0.1, 0.15) is 21.9 Å². The highest BCUT2D eigenvalue weighted by molar-refractivity contribution is 6.21. The lowest BCUT2D eigenvalue weighted by atomic mass is 9.85. The van der Waals surface area contributed by atoms with Crippen LogP contribution in [-0.2, 0) is 0 Å². The summed E-state index contributed by atoms with van der Waals surface area (Å²) in [4.78, 5) is 0. The van der Waals surface area contributed by atoms with Crippen LogP contribution in [-0.4, -0.2) is 0 Å². The maximum absolute atomic E-state index is 8.91. The van der Waals surface area contributed by atoms with Crippen LogP contribution in [0.4, 0.5) is 0 Å². The van der Waals surface area contributed by atoms with Gasteiger partial charge in [0.2, 0.25) is 0 Å². The predicted octanol–water partition coefficient (Wildman–Crippen LogP) is 10.9. The first-order chi connectivity index (χ1) is 26.0. The van der Waals surface area contributed by atoms with Crippen molar-refractivity contribution < 1.29 is 26.3 Å². The van der Waals surface area contributed by atoms with E-state index in [4.69, 9.17) is 26.3 Å². The van der Waals surface area contributed by atoms with Gasteiger partial charge in [-0.15, -0.1) is 0 Å². The fourth-order valence-corrected chi connectivity index (χ4v) is 5.22. The molecule has 8 rings (SSSR count). The Kier molecular flexibility index (Phi) is 2.53. The zero-order valence-electron chi connectivity index (χ0n) is 36.0. The highest BCUT2D eigenvalue weighted by Crippen LogP contribution is 2.44. The summed E-state index contributed by atoms with van der Waals surface area (Å²) in [5.74, 6) is 0. The predicted molar refractivity (Wildman–Crippen MR) is 165 cm³/mol. The monoisotopic (exact) mass is 512 g/mol. The van der Waals surface area contributed by atoms with Crippen LogP contribution in [0, 0.1) is 0 Å². The van der Waals surface area contributed by atoms with E-state index in [0.29, 0.717) is 27.5 Å². The molecule has 1 heterocycles. The van der Waals surface area contributed by atoms with Crippen LogP contribution in [0.3, 0.4) is 0 Å². The fraction of sp³-hybridized carbons (Fsp3) is 0. The van der Waals surface area contributed by atoms with Crippen LogP contribution < -0.4 is 0 Å². The van der Waals surface area contributed by atoms with Crippen molar-refractivity contribution in [2.24, 2.45) is 0 Å². The Bertz CT molecular complexity index is 2940. The first kappa shape index (κ1) is 11.3. The van der Waals surface area contributed by atoms with E-state index < -0.39 is 66.5 Å². The number of hydrogen-bond acceptors (Lipinski definition) is 1. The van der Waals surface area contributed by atoms with Gasteiger partial charge in [0.25, 0.3) is 0 Å². The smallest absolute Gasteiger partial charge is 0.136 e. The van der Waals surface area contributed by atoms with E-state index >= 15 is 0 Å². The van der Waals surface area contributed by atoms with Crippen molar-refractivity contribution >= 4 is 43.5 Å². The standard InChI is InChI=1S/C38H24O/c1-2-11-26(12-3-1)36-29-13-4-6-15-31(29)37(32-16-7-5-14-30(32)36)27-23-21-25(22-24-27)28-18-10-20-35-38(28)33-17-8-9-19-34(33)39-35/h1-24H/i1D,2D,3D,4D,5D,6D,7D,8D,9D,10D,11D,12D,17D,18D,19D,20D. The Morgan fingerprint density at radius 2 is 0.923 bits per heavy atom. The molecule has 0 spiro atoms. The van der Waals surface area contributed by atoms with E-state index in [9.17, 15) is 0 Å². The fourth-order valence-electron chi connectivity index (χ4n) is 5.22. The van der Waals surface area contributed by atoms with Gasteiger partial charge in [0.15, 0.2) is 0 Å². The van der Waals surface area contributed by atoms with Crippen molar-refractivity contribution in [2.45, 2.75) is 0 Å². The Hall–Kier alpha value is -5.14. The summed E-state index contributed by atoms with van der Waals surface area (Å²) in [5.41, 5.74) is 0.953. The molecule has 8 aromatic rings. The molecule has 0 aliphatic rings. The molecule has 0 unspecified atom stereocenters. The van der Waals surface area contributed by atoms with Gasteiger partial charge in [-0.2, -0.15) is 0 Å². The van der Waals surface area contributed by atoms with Crippen molar-refractivity contribution in [2.75, 3.05) is 0 Å². The van der Waals surface area contributed by atoms with Crippen LogP contribution >= 0.6 is 0 Å². The minimum Gasteiger partial charge on any atom is -0.456 e. The van der Waals surface area contributed by atoms with Crippen LogP contribution in [0.5, 0.6) is 0 Å². The van der Waals surface area contributed by atoms with Crippen molar-refractivity contribution in [1.29, 1.82) is 0 Å². The molecule has 0 N–H and O–H groups in total. The minimum absolute atomic E-state index is 0.0364. The van der Waals surface area contributed by atoms with Gasteiger partial charge in [-0.3, -0.25) is 0 Å². The molecule has 0 amide bonds. The quantitative estimate of drug-likeness (QED) is 0.215. The summed E-state index contributed by atoms with van der Waals surface area (Å²) >= 11 is 0. The molecule has 0 bridgehead atoms. The molecule has 0 fully saturated rings. The molecule has 0 saturated carbocycles. The molecule has 182 valence electrons. The lowest BCUT2D eigenvalue weighted by Gasteiger charge is -2.18. The third-order valence-electron chi connectivity index (χ3n) is 6.85. The Labute approximate surface area is 249 Å². The zero-order valence-corrected chi connectivity index (χ0v) is 20.0. The van der Waals surface area contributed by atoms with E-state index in [1.165, 1.54) is 24.3 Å². The van der Waals surface area contributed by atoms with Gasteiger partial charge in [0.1, 0.15) is 11.2 Å². The lowest BCUT2D eigenvalue weighted by molar-refractivity contribution is 0.669. The van der Waals surface area contributed by atoms with E-state index in [1.54, 1.807) is 24.3 Å². The third kappa shape index (κ3) is 3.41. The maximum Gasteiger partial charge on any atom is 0.136 e. The van der Waals surface area contributed by atoms with Gasteiger partial charge in [-0.05, 0) is 67.0 Å². The van der Waals surface area contributed by atoms with E-state index in [0.717, 1.165) is 0 Å². The van der Waals surface area contributed by atoms with Crippen molar-refractivity contribution in [3.8, 4) is 33.4 Å². The third-order valence-corrected chi connectivity index (χ3v) is 6.85. The van der Waals surface area contributed by atoms with E-state index in [1.807, 2.05) is 0 Å². The van der Waals surface area contributed by atoms with Crippen LogP contribution in [0.15, 0.2) is 150 Å². The van der Waals surface area contributed by atoms with Crippen molar-refractivity contribution in [3.63, 3.8) is 0 Å². The first-order valence-electron chi connectivity index (χ1n) is 20.0. The van der Waals surface area contributed by atoms with Gasteiger partial charge in [-0.25, -0.2) is 0 Å². The van der Waals surface area contributed by atoms with Crippen LogP contribution in [0.2, 0.25) is 0 Å². The molecular formula is C38H24O. The van der Waals surface area contributed by atoms with Gasteiger partial charge in [-0.1, -0.05) is 133 Å². The van der Waals surface area contributed by atoms with Crippen LogP contribution in [0.25, 0.3) is 76.9 Å².